The first kappa shape index (κ1) is 9.59. The molecule has 2 rings (SSSR count). The van der Waals surface area contributed by atoms with Crippen molar-refractivity contribution in [2.45, 2.75) is 25.3 Å². The van der Waals surface area contributed by atoms with Gasteiger partial charge >= 0.3 is 0 Å². The second kappa shape index (κ2) is 3.31. The highest BCUT2D eigenvalue weighted by Gasteiger charge is 2.43. The summed E-state index contributed by atoms with van der Waals surface area (Å²) in [4.78, 5) is 11.7. The van der Waals surface area contributed by atoms with Gasteiger partial charge in [-0.1, -0.05) is 0 Å². The quantitative estimate of drug-likeness (QED) is 0.782. The van der Waals surface area contributed by atoms with Crippen LogP contribution < -0.4 is 5.32 Å². The van der Waals surface area contributed by atoms with Crippen LogP contribution in [0.1, 0.15) is 29.0 Å². The second-order valence-corrected chi connectivity index (χ2v) is 4.07. The minimum Gasteiger partial charge on any atom is -0.459 e. The van der Waals surface area contributed by atoms with Gasteiger partial charge in [0, 0.05) is 11.4 Å². The van der Waals surface area contributed by atoms with Crippen molar-refractivity contribution >= 4 is 17.5 Å². The molecule has 0 saturated heterocycles. The zero-order valence-corrected chi connectivity index (χ0v) is 8.73. The number of furan rings is 1. The fraction of sp³-hybridized carbons (Fsp3) is 0.500. The minimum atomic E-state index is -0.169. The molecule has 0 spiro atoms. The van der Waals surface area contributed by atoms with Crippen molar-refractivity contribution in [2.24, 2.45) is 0 Å². The summed E-state index contributed by atoms with van der Waals surface area (Å²) in [5.41, 5.74) is 0.686. The number of rotatable bonds is 3. The van der Waals surface area contributed by atoms with Crippen molar-refractivity contribution in [3.8, 4) is 0 Å². The molecule has 1 fully saturated rings. The van der Waals surface area contributed by atoms with E-state index in [0.29, 0.717) is 11.6 Å². The molecule has 1 heterocycles. The lowest BCUT2D eigenvalue weighted by atomic mass is 10.2. The van der Waals surface area contributed by atoms with Crippen LogP contribution in [0.5, 0.6) is 0 Å². The lowest BCUT2D eigenvalue weighted by Crippen LogP contribution is -2.38. The number of carbonyl (C=O) groups is 1. The van der Waals surface area contributed by atoms with Crippen molar-refractivity contribution in [2.75, 3.05) is 5.88 Å². The normalized spacial score (nSPS) is 17.9. The molecule has 1 aliphatic rings. The molecule has 0 aromatic carbocycles. The predicted molar refractivity (Wildman–Crippen MR) is 53.6 cm³/mol. The minimum absolute atomic E-state index is 0.161. The Morgan fingerprint density at radius 1 is 1.71 bits per heavy atom. The molecular weight excluding hydrogens is 202 g/mol. The van der Waals surface area contributed by atoms with Crippen LogP contribution in [0.15, 0.2) is 16.7 Å². The van der Waals surface area contributed by atoms with Crippen molar-refractivity contribution in [3.63, 3.8) is 0 Å². The molecule has 3 nitrogen and oxygen atoms in total. The van der Waals surface area contributed by atoms with Crippen LogP contribution in [0.25, 0.3) is 0 Å². The van der Waals surface area contributed by atoms with Gasteiger partial charge in [0.15, 0.2) is 5.76 Å². The molecule has 14 heavy (non-hydrogen) atoms. The maximum atomic E-state index is 11.7. The summed E-state index contributed by atoms with van der Waals surface area (Å²) in [6.07, 6.45) is 3.44. The van der Waals surface area contributed by atoms with Gasteiger partial charge in [0.2, 0.25) is 0 Å². The maximum Gasteiger partial charge on any atom is 0.287 e. The monoisotopic (exact) mass is 213 g/mol. The molecule has 1 aromatic heterocycles. The highest BCUT2D eigenvalue weighted by atomic mass is 35.5. The lowest BCUT2D eigenvalue weighted by molar-refractivity contribution is 0.0907. The summed E-state index contributed by atoms with van der Waals surface area (Å²) >= 11 is 5.76. The number of carbonyl (C=O) groups excluding carboxylic acids is 1. The molecule has 0 radical (unpaired) electrons. The first-order chi connectivity index (χ1) is 6.67. The summed E-state index contributed by atoms with van der Waals surface area (Å²) in [6.45, 7) is 1.85. The maximum absolute atomic E-state index is 11.7. The number of halogens is 1. The van der Waals surface area contributed by atoms with Gasteiger partial charge in [0.25, 0.3) is 5.91 Å². The predicted octanol–water partition coefficient (Wildman–Crippen LogP) is 2.09. The van der Waals surface area contributed by atoms with E-state index in [-0.39, 0.29) is 11.4 Å². The molecule has 1 N–H and O–H groups in total. The number of alkyl halides is 1. The van der Waals surface area contributed by atoms with E-state index in [1.165, 1.54) is 6.26 Å². The van der Waals surface area contributed by atoms with Crippen LogP contribution in [0, 0.1) is 6.92 Å². The molecule has 76 valence electrons. The number of aryl methyl sites for hydroxylation is 1. The Morgan fingerprint density at radius 3 is 2.86 bits per heavy atom. The summed E-state index contributed by atoms with van der Waals surface area (Å²) in [5, 5.41) is 2.90. The number of hydrogen-bond donors (Lipinski definition) is 1. The molecule has 1 aromatic rings. The van der Waals surface area contributed by atoms with Gasteiger partial charge in [-0.05, 0) is 25.8 Å². The zero-order chi connectivity index (χ0) is 10.2. The third kappa shape index (κ3) is 1.64. The summed E-state index contributed by atoms with van der Waals surface area (Å²) in [6, 6.07) is 1.77. The molecular formula is C10H12ClNO2. The van der Waals surface area contributed by atoms with E-state index in [1.54, 1.807) is 6.07 Å². The molecule has 1 aliphatic carbocycles. The first-order valence-electron chi connectivity index (χ1n) is 4.59. The Kier molecular flexibility index (Phi) is 2.27. The average molecular weight is 214 g/mol. The van der Waals surface area contributed by atoms with Gasteiger partial charge in [0.05, 0.1) is 11.8 Å². The molecule has 0 atom stereocenters. The average Bonchev–Trinajstić information content (AvgIpc) is 2.80. The van der Waals surface area contributed by atoms with Crippen LogP contribution in [-0.2, 0) is 0 Å². The van der Waals surface area contributed by atoms with Crippen LogP contribution in [-0.4, -0.2) is 17.3 Å². The Bertz CT molecular complexity index is 355. The van der Waals surface area contributed by atoms with Gasteiger partial charge in [-0.15, -0.1) is 11.6 Å². The van der Waals surface area contributed by atoms with Gasteiger partial charge in [-0.3, -0.25) is 4.79 Å². The number of hydrogen-bond acceptors (Lipinski definition) is 2. The van der Waals surface area contributed by atoms with Gasteiger partial charge in [-0.25, -0.2) is 0 Å². The van der Waals surface area contributed by atoms with Crippen molar-refractivity contribution in [1.29, 1.82) is 0 Å². The molecule has 4 heteroatoms. The van der Waals surface area contributed by atoms with Crippen LogP contribution in [0.3, 0.4) is 0 Å². The number of amides is 1. The Balaban J connectivity index is 2.07. The van der Waals surface area contributed by atoms with Crippen molar-refractivity contribution in [3.05, 3.63) is 23.7 Å². The molecule has 1 amide bonds. The summed E-state index contributed by atoms with van der Waals surface area (Å²) in [5.74, 6) is 0.699. The standard InChI is InChI=1S/C10H12ClNO2/c1-7-2-5-14-8(7)9(13)12-10(6-11)3-4-10/h2,5H,3-4,6H2,1H3,(H,12,13). The van der Waals surface area contributed by atoms with Gasteiger partial charge in [0.1, 0.15) is 0 Å². The third-order valence-corrected chi connectivity index (χ3v) is 3.07. The molecule has 0 unspecified atom stereocenters. The van der Waals surface area contributed by atoms with E-state index in [9.17, 15) is 4.79 Å². The zero-order valence-electron chi connectivity index (χ0n) is 7.97. The molecule has 0 bridgehead atoms. The number of nitrogens with one attached hydrogen (secondary N) is 1. The van der Waals surface area contributed by atoms with E-state index in [0.717, 1.165) is 18.4 Å². The largest absolute Gasteiger partial charge is 0.459 e. The summed E-state index contributed by atoms with van der Waals surface area (Å²) < 4.78 is 5.09. The van der Waals surface area contributed by atoms with E-state index in [4.69, 9.17) is 16.0 Å². The van der Waals surface area contributed by atoms with E-state index in [1.807, 2.05) is 6.92 Å². The Hall–Kier alpha value is -0.960. The fourth-order valence-electron chi connectivity index (χ4n) is 1.35. The topological polar surface area (TPSA) is 42.2 Å². The lowest BCUT2D eigenvalue weighted by Gasteiger charge is -2.12. The highest BCUT2D eigenvalue weighted by Crippen LogP contribution is 2.36. The third-order valence-electron chi connectivity index (χ3n) is 2.56. The smallest absolute Gasteiger partial charge is 0.287 e. The first-order valence-corrected chi connectivity index (χ1v) is 5.13. The SMILES string of the molecule is Cc1ccoc1C(=O)NC1(CCl)CC1. The van der Waals surface area contributed by atoms with E-state index >= 15 is 0 Å². The van der Waals surface area contributed by atoms with Crippen molar-refractivity contribution < 1.29 is 9.21 Å². The van der Waals surface area contributed by atoms with Crippen LogP contribution >= 0.6 is 11.6 Å². The second-order valence-electron chi connectivity index (χ2n) is 3.80. The molecule has 0 aliphatic heterocycles. The van der Waals surface area contributed by atoms with Crippen molar-refractivity contribution in [1.82, 2.24) is 5.32 Å². The fourth-order valence-corrected chi connectivity index (χ4v) is 1.68. The molecule has 1 saturated carbocycles. The Morgan fingerprint density at radius 2 is 2.43 bits per heavy atom. The summed E-state index contributed by atoms with van der Waals surface area (Å²) in [7, 11) is 0. The highest BCUT2D eigenvalue weighted by molar-refractivity contribution is 6.19. The van der Waals surface area contributed by atoms with Gasteiger partial charge < -0.3 is 9.73 Å². The van der Waals surface area contributed by atoms with Crippen LogP contribution in [0.2, 0.25) is 0 Å². The Labute approximate surface area is 87.4 Å². The van der Waals surface area contributed by atoms with Gasteiger partial charge in [-0.2, -0.15) is 0 Å². The van der Waals surface area contributed by atoms with E-state index < -0.39 is 0 Å². The van der Waals surface area contributed by atoms with E-state index in [2.05, 4.69) is 5.32 Å². The van der Waals surface area contributed by atoms with Crippen LogP contribution in [0.4, 0.5) is 0 Å².